The number of carbonyl (C=O) groups is 3. The van der Waals surface area contributed by atoms with Crippen LogP contribution in [0.4, 0.5) is 4.79 Å². The smallest absolute Gasteiger partial charge is 0.407 e. The largest absolute Gasteiger partial charge is 0.441 e. The van der Waals surface area contributed by atoms with Gasteiger partial charge in [-0.15, -0.1) is 0 Å². The Kier molecular flexibility index (Phi) is 34.6. The lowest BCUT2D eigenvalue weighted by Crippen LogP contribution is -2.34. The summed E-state index contributed by atoms with van der Waals surface area (Å²) in [4.78, 5) is 38.5. The molecule has 3 amide bonds. The average molecular weight is 759 g/mol. The molecule has 0 saturated carbocycles. The second kappa shape index (κ2) is 37.2. The van der Waals surface area contributed by atoms with Crippen molar-refractivity contribution >= 4 is 39.5 Å². The molecule has 10 nitrogen and oxygen atoms in total. The highest BCUT2D eigenvalue weighted by atomic mass is 33.1. The Morgan fingerprint density at radius 3 is 1.87 bits per heavy atom. The first-order valence-electron chi connectivity index (χ1n) is 18.1. The van der Waals surface area contributed by atoms with E-state index in [-0.39, 0.29) is 11.8 Å². The minimum Gasteiger partial charge on any atom is -0.441 e. The number of allylic oxidation sites excluding steroid dienone is 12. The molecule has 1 heterocycles. The summed E-state index contributed by atoms with van der Waals surface area (Å²) >= 11 is 0. The van der Waals surface area contributed by atoms with Gasteiger partial charge in [-0.2, -0.15) is 0 Å². The maximum absolute atomic E-state index is 11.7. The molecule has 0 unspecified atom stereocenters. The summed E-state index contributed by atoms with van der Waals surface area (Å²) in [7, 11) is 3.68. The zero-order valence-corrected chi connectivity index (χ0v) is 32.9. The first-order valence-corrected chi connectivity index (χ1v) is 20.5. The molecule has 1 aromatic rings. The van der Waals surface area contributed by atoms with E-state index in [0.29, 0.717) is 36.7 Å². The van der Waals surface area contributed by atoms with Crippen LogP contribution in [0, 0.1) is 0 Å². The molecule has 290 valence electrons. The minimum atomic E-state index is -0.921. The van der Waals surface area contributed by atoms with Crippen molar-refractivity contribution in [3.63, 3.8) is 0 Å². The van der Waals surface area contributed by atoms with Crippen molar-refractivity contribution in [2.75, 3.05) is 38.6 Å². The Bertz CT molecular complexity index is 1220. The molecule has 0 radical (unpaired) electrons. The molecule has 0 saturated heterocycles. The van der Waals surface area contributed by atoms with Gasteiger partial charge in [-0.25, -0.2) is 4.79 Å². The standard InChI is InChI=1S/C27H43NOS2.C13H19N3O5/c1-4-5-6-7-8-9-10-11-12-13-14-15-16-17-18-19-20-21-22-23-27(29)28-24-25-30-31-26(2)3;17-8-11(9-18)21-13(20)16-6-2-5-15-12(19)10-3-1-4-14-7-10/h5-6,8-9,11-12,14-15,17-18,20-21,26H,4,7,10,13,16,19,22-25H2,1-3H3,(H,28,29);1,3-4,7,11,17-18H,2,5-6,8-9H2,(H,15,19)(H,16,20)/b6-5-,9-8-,12-11-,15-14-,18-17-,21-20-;. The summed E-state index contributed by atoms with van der Waals surface area (Å²) in [6.45, 7) is 7.09. The summed E-state index contributed by atoms with van der Waals surface area (Å²) in [5.41, 5.74) is 0.471. The lowest BCUT2D eigenvalue weighted by atomic mass is 10.2. The van der Waals surface area contributed by atoms with E-state index in [1.807, 2.05) is 21.6 Å². The van der Waals surface area contributed by atoms with E-state index in [2.05, 4.69) is 115 Å². The Morgan fingerprint density at radius 2 is 1.35 bits per heavy atom. The quantitative estimate of drug-likeness (QED) is 0.0347. The van der Waals surface area contributed by atoms with E-state index < -0.39 is 25.4 Å². The topological polar surface area (TPSA) is 150 Å². The van der Waals surface area contributed by atoms with E-state index in [4.69, 9.17) is 14.9 Å². The van der Waals surface area contributed by atoms with Gasteiger partial charge in [0, 0.05) is 49.5 Å². The number of nitrogens with zero attached hydrogens (tertiary/aromatic N) is 1. The van der Waals surface area contributed by atoms with Crippen LogP contribution in [-0.2, 0) is 9.53 Å². The SMILES string of the molecule is CC/C=C\C/C=C\C/C=C\C/C=C\C/C=C\C/C=C\CCC(=O)NCCSSC(C)C.O=C(NCCCNC(=O)c1cccnc1)OC(CO)CO. The molecule has 0 aliphatic heterocycles. The third-order valence-electron chi connectivity index (χ3n) is 6.42. The fourth-order valence-corrected chi connectivity index (χ4v) is 5.67. The van der Waals surface area contributed by atoms with E-state index in [1.54, 1.807) is 18.3 Å². The fraction of sp³-hybridized carbons (Fsp3) is 0.500. The van der Waals surface area contributed by atoms with Gasteiger partial charge in [-0.3, -0.25) is 14.6 Å². The second-order valence-electron chi connectivity index (χ2n) is 11.4. The number of amides is 3. The number of aromatic nitrogens is 1. The Hall–Kier alpha value is -3.58. The number of aliphatic hydroxyl groups excluding tert-OH is 2. The number of rotatable bonds is 27. The summed E-state index contributed by atoms with van der Waals surface area (Å²) in [5, 5.41) is 26.2. The van der Waals surface area contributed by atoms with Crippen molar-refractivity contribution in [2.45, 2.75) is 89.9 Å². The predicted molar refractivity (Wildman–Crippen MR) is 219 cm³/mol. The van der Waals surface area contributed by atoms with Gasteiger partial charge in [0.05, 0.1) is 18.8 Å². The third kappa shape index (κ3) is 33.6. The zero-order chi connectivity index (χ0) is 38.3. The Morgan fingerprint density at radius 1 is 0.788 bits per heavy atom. The van der Waals surface area contributed by atoms with Crippen molar-refractivity contribution in [3.05, 3.63) is 103 Å². The molecule has 0 aromatic carbocycles. The Balaban J connectivity index is 0.00000107. The van der Waals surface area contributed by atoms with Crippen molar-refractivity contribution in [1.82, 2.24) is 20.9 Å². The van der Waals surface area contributed by atoms with Crippen LogP contribution in [0.5, 0.6) is 0 Å². The third-order valence-corrected chi connectivity index (χ3v) is 9.37. The van der Waals surface area contributed by atoms with Crippen LogP contribution >= 0.6 is 21.6 Å². The van der Waals surface area contributed by atoms with Gasteiger partial charge in [0.15, 0.2) is 0 Å². The van der Waals surface area contributed by atoms with Crippen molar-refractivity contribution < 1.29 is 29.3 Å². The number of ether oxygens (including phenoxy) is 1. The number of hydrogen-bond donors (Lipinski definition) is 5. The number of carbonyl (C=O) groups excluding carboxylic acids is 3. The molecule has 5 N–H and O–H groups in total. The number of pyridine rings is 1. The normalized spacial score (nSPS) is 11.8. The molecule has 0 spiro atoms. The van der Waals surface area contributed by atoms with E-state index >= 15 is 0 Å². The monoisotopic (exact) mass is 758 g/mol. The number of nitrogens with one attached hydrogen (secondary N) is 3. The molecule has 1 aromatic heterocycles. The van der Waals surface area contributed by atoms with Crippen molar-refractivity contribution in [1.29, 1.82) is 0 Å². The summed E-state index contributed by atoms with van der Waals surface area (Å²) in [6, 6.07) is 3.33. The van der Waals surface area contributed by atoms with Gasteiger partial charge in [0.25, 0.3) is 5.91 Å². The second-order valence-corrected chi connectivity index (χ2v) is 14.5. The van der Waals surface area contributed by atoms with Crippen molar-refractivity contribution in [3.8, 4) is 0 Å². The molecule has 0 aliphatic carbocycles. The first-order chi connectivity index (χ1) is 25.3. The highest BCUT2D eigenvalue weighted by molar-refractivity contribution is 8.76. The van der Waals surface area contributed by atoms with E-state index in [9.17, 15) is 14.4 Å². The number of alkyl carbamates (subject to hydrolysis) is 1. The van der Waals surface area contributed by atoms with Crippen LogP contribution in [0.2, 0.25) is 0 Å². The van der Waals surface area contributed by atoms with Crippen LogP contribution < -0.4 is 16.0 Å². The van der Waals surface area contributed by atoms with Gasteiger partial charge < -0.3 is 30.9 Å². The minimum absolute atomic E-state index is 0.148. The summed E-state index contributed by atoms with van der Waals surface area (Å²) in [6.07, 6.45) is 35.7. The highest BCUT2D eigenvalue weighted by Gasteiger charge is 2.11. The Labute approximate surface area is 320 Å². The fourth-order valence-electron chi connectivity index (χ4n) is 3.76. The van der Waals surface area contributed by atoms with E-state index in [0.717, 1.165) is 57.2 Å². The van der Waals surface area contributed by atoms with Gasteiger partial charge in [-0.1, -0.05) is 115 Å². The first kappa shape index (κ1) is 48.4. The maximum atomic E-state index is 11.7. The van der Waals surface area contributed by atoms with Gasteiger partial charge >= 0.3 is 6.09 Å². The van der Waals surface area contributed by atoms with Crippen LogP contribution in [0.1, 0.15) is 88.9 Å². The van der Waals surface area contributed by atoms with Crippen molar-refractivity contribution in [2.24, 2.45) is 0 Å². The van der Waals surface area contributed by atoms with Crippen LogP contribution in [0.25, 0.3) is 0 Å². The predicted octanol–water partition coefficient (Wildman–Crippen LogP) is 7.65. The molecule has 12 heteroatoms. The lowest BCUT2D eigenvalue weighted by molar-refractivity contribution is -0.120. The summed E-state index contributed by atoms with van der Waals surface area (Å²) in [5.74, 6) is 0.884. The lowest BCUT2D eigenvalue weighted by Gasteiger charge is -2.13. The molecule has 0 bridgehead atoms. The van der Waals surface area contributed by atoms with Crippen LogP contribution in [0.3, 0.4) is 0 Å². The summed E-state index contributed by atoms with van der Waals surface area (Å²) < 4.78 is 4.70. The highest BCUT2D eigenvalue weighted by Crippen LogP contribution is 2.25. The van der Waals surface area contributed by atoms with Gasteiger partial charge in [-0.05, 0) is 63.5 Å². The zero-order valence-electron chi connectivity index (χ0n) is 31.3. The maximum Gasteiger partial charge on any atom is 0.407 e. The average Bonchev–Trinajstić information content (AvgIpc) is 3.14. The molecule has 0 atom stereocenters. The van der Waals surface area contributed by atoms with Crippen LogP contribution in [-0.4, -0.2) is 83.1 Å². The van der Waals surface area contributed by atoms with Gasteiger partial charge in [0.1, 0.15) is 6.10 Å². The molecule has 52 heavy (non-hydrogen) atoms. The molecular formula is C40H62N4O6S2. The number of aliphatic hydroxyl groups is 2. The molecular weight excluding hydrogens is 697 g/mol. The van der Waals surface area contributed by atoms with Gasteiger partial charge in [0.2, 0.25) is 5.91 Å². The molecule has 1 rings (SSSR count). The van der Waals surface area contributed by atoms with E-state index in [1.165, 1.54) is 6.20 Å². The molecule has 0 aliphatic rings. The number of hydrogen-bond acceptors (Lipinski definition) is 9. The van der Waals surface area contributed by atoms with Crippen LogP contribution in [0.15, 0.2) is 97.4 Å². The molecule has 0 fully saturated rings.